The molecule has 0 saturated heterocycles. The molecule has 5 nitrogen and oxygen atoms in total. The Morgan fingerprint density at radius 2 is 1.55 bits per heavy atom. The van der Waals surface area contributed by atoms with Crippen LogP contribution in [0.5, 0.6) is 17.2 Å². The van der Waals surface area contributed by atoms with E-state index in [1.165, 1.54) is 0 Å². The van der Waals surface area contributed by atoms with E-state index in [-0.39, 0.29) is 18.6 Å². The van der Waals surface area contributed by atoms with Crippen molar-refractivity contribution in [2.24, 2.45) is 5.92 Å². The fraction of sp³-hybridized carbons (Fsp3) is 0.533. The summed E-state index contributed by atoms with van der Waals surface area (Å²) in [4.78, 5) is 11.7. The molecule has 1 rings (SSSR count). The maximum absolute atomic E-state index is 11.7. The summed E-state index contributed by atoms with van der Waals surface area (Å²) < 4.78 is 15.7. The topological polar surface area (TPSA) is 56.8 Å². The van der Waals surface area contributed by atoms with Gasteiger partial charge in [-0.1, -0.05) is 13.8 Å². The highest BCUT2D eigenvalue weighted by Crippen LogP contribution is 2.27. The molecule has 1 atom stereocenters. The van der Waals surface area contributed by atoms with Gasteiger partial charge in [0.2, 0.25) is 0 Å². The van der Waals surface area contributed by atoms with E-state index in [4.69, 9.17) is 14.2 Å². The molecule has 0 aliphatic carbocycles. The van der Waals surface area contributed by atoms with E-state index in [2.05, 4.69) is 19.2 Å². The minimum atomic E-state index is -0.145. The van der Waals surface area contributed by atoms with Crippen molar-refractivity contribution in [3.05, 3.63) is 18.2 Å². The maximum Gasteiger partial charge on any atom is 0.258 e. The van der Waals surface area contributed by atoms with Crippen molar-refractivity contribution in [1.82, 2.24) is 5.32 Å². The summed E-state index contributed by atoms with van der Waals surface area (Å²) in [6.07, 6.45) is 0. The van der Waals surface area contributed by atoms with Gasteiger partial charge in [-0.15, -0.1) is 0 Å². The van der Waals surface area contributed by atoms with Crippen LogP contribution in [0.1, 0.15) is 20.8 Å². The number of hydrogen-bond donors (Lipinski definition) is 1. The average Bonchev–Trinajstić information content (AvgIpc) is 2.44. The van der Waals surface area contributed by atoms with Gasteiger partial charge in [-0.05, 0) is 12.8 Å². The van der Waals surface area contributed by atoms with Gasteiger partial charge in [-0.3, -0.25) is 4.79 Å². The van der Waals surface area contributed by atoms with Gasteiger partial charge >= 0.3 is 0 Å². The number of carbonyl (C=O) groups is 1. The maximum atomic E-state index is 11.7. The van der Waals surface area contributed by atoms with E-state index in [0.717, 1.165) is 0 Å². The quantitative estimate of drug-likeness (QED) is 0.833. The molecule has 1 aromatic rings. The molecule has 1 N–H and O–H groups in total. The minimum absolute atomic E-state index is 0.0343. The zero-order valence-corrected chi connectivity index (χ0v) is 12.7. The van der Waals surface area contributed by atoms with Gasteiger partial charge in [0.25, 0.3) is 5.91 Å². The summed E-state index contributed by atoms with van der Waals surface area (Å²) in [5.41, 5.74) is 0. The molecule has 0 fully saturated rings. The van der Waals surface area contributed by atoms with Gasteiger partial charge in [-0.25, -0.2) is 0 Å². The van der Waals surface area contributed by atoms with Crippen molar-refractivity contribution in [2.45, 2.75) is 26.8 Å². The second kappa shape index (κ2) is 7.62. The summed E-state index contributed by atoms with van der Waals surface area (Å²) >= 11 is 0. The Labute approximate surface area is 120 Å². The number of rotatable bonds is 7. The Kier molecular flexibility index (Phi) is 6.15. The Morgan fingerprint density at radius 3 is 2.00 bits per heavy atom. The van der Waals surface area contributed by atoms with Gasteiger partial charge in [0.15, 0.2) is 6.61 Å². The number of nitrogens with one attached hydrogen (secondary N) is 1. The van der Waals surface area contributed by atoms with E-state index >= 15 is 0 Å². The molecule has 0 spiro atoms. The van der Waals surface area contributed by atoms with Crippen molar-refractivity contribution >= 4 is 5.91 Å². The monoisotopic (exact) mass is 281 g/mol. The molecule has 0 saturated carbocycles. The van der Waals surface area contributed by atoms with Crippen molar-refractivity contribution in [3.63, 3.8) is 0 Å². The van der Waals surface area contributed by atoms with Crippen molar-refractivity contribution in [2.75, 3.05) is 20.8 Å². The summed E-state index contributed by atoms with van der Waals surface area (Å²) in [6, 6.07) is 5.28. The molecule has 1 amide bonds. The Morgan fingerprint density at radius 1 is 1.05 bits per heavy atom. The third-order valence-corrected chi connectivity index (χ3v) is 3.08. The summed E-state index contributed by atoms with van der Waals surface area (Å²) in [5, 5.41) is 2.88. The highest BCUT2D eigenvalue weighted by Gasteiger charge is 2.11. The number of methoxy groups -OCH3 is 2. The average molecular weight is 281 g/mol. The first-order chi connectivity index (χ1) is 9.46. The van der Waals surface area contributed by atoms with Crippen LogP contribution in [0.3, 0.4) is 0 Å². The Bertz CT molecular complexity index is 423. The molecule has 0 radical (unpaired) electrons. The molecule has 0 aliphatic rings. The number of carbonyl (C=O) groups excluding carboxylic acids is 1. The second-order valence-electron chi connectivity index (χ2n) is 4.94. The van der Waals surface area contributed by atoms with Crippen LogP contribution < -0.4 is 19.5 Å². The molecule has 1 aromatic carbocycles. The predicted molar refractivity (Wildman–Crippen MR) is 77.5 cm³/mol. The molecule has 112 valence electrons. The van der Waals surface area contributed by atoms with Gasteiger partial charge in [0.1, 0.15) is 17.2 Å². The molecule has 5 heteroatoms. The van der Waals surface area contributed by atoms with Crippen molar-refractivity contribution in [1.29, 1.82) is 0 Å². The van der Waals surface area contributed by atoms with Crippen LogP contribution in [0, 0.1) is 5.92 Å². The van der Waals surface area contributed by atoms with Crippen molar-refractivity contribution in [3.8, 4) is 17.2 Å². The third-order valence-electron chi connectivity index (χ3n) is 3.08. The van der Waals surface area contributed by atoms with Crippen LogP contribution in [0.15, 0.2) is 18.2 Å². The molecule has 0 aromatic heterocycles. The largest absolute Gasteiger partial charge is 0.496 e. The number of benzene rings is 1. The van der Waals surface area contributed by atoms with Crippen LogP contribution in [-0.2, 0) is 4.79 Å². The van der Waals surface area contributed by atoms with Gasteiger partial charge in [0, 0.05) is 24.2 Å². The zero-order valence-electron chi connectivity index (χ0n) is 12.7. The fourth-order valence-electron chi connectivity index (χ4n) is 1.48. The van der Waals surface area contributed by atoms with Gasteiger partial charge in [0.05, 0.1) is 14.2 Å². The number of amides is 1. The lowest BCUT2D eigenvalue weighted by Gasteiger charge is -2.17. The van der Waals surface area contributed by atoms with Crippen molar-refractivity contribution < 1.29 is 19.0 Å². The zero-order chi connectivity index (χ0) is 15.1. The lowest BCUT2D eigenvalue weighted by Crippen LogP contribution is -2.38. The van der Waals surface area contributed by atoms with Crippen LogP contribution in [0.2, 0.25) is 0 Å². The third kappa shape index (κ3) is 4.99. The highest BCUT2D eigenvalue weighted by molar-refractivity contribution is 5.77. The Hall–Kier alpha value is -1.91. The van der Waals surface area contributed by atoms with E-state index in [9.17, 15) is 4.79 Å². The smallest absolute Gasteiger partial charge is 0.258 e. The first kappa shape index (κ1) is 16.1. The lowest BCUT2D eigenvalue weighted by atomic mass is 10.1. The minimum Gasteiger partial charge on any atom is -0.496 e. The molecule has 0 bridgehead atoms. The molecule has 0 heterocycles. The van der Waals surface area contributed by atoms with E-state index in [1.807, 2.05) is 6.92 Å². The van der Waals surface area contributed by atoms with E-state index in [0.29, 0.717) is 23.2 Å². The molecule has 20 heavy (non-hydrogen) atoms. The SMILES string of the molecule is COc1cc(OC)cc(OCC(=O)N[C@@H](C)C(C)C)c1. The molecule has 0 aliphatic heterocycles. The summed E-state index contributed by atoms with van der Waals surface area (Å²) in [6.45, 7) is 6.04. The van der Waals surface area contributed by atoms with Crippen LogP contribution in [-0.4, -0.2) is 32.8 Å². The van der Waals surface area contributed by atoms with Gasteiger partial charge in [-0.2, -0.15) is 0 Å². The molecular formula is C15H23NO4. The summed E-state index contributed by atoms with van der Waals surface area (Å²) in [5.74, 6) is 2.02. The van der Waals surface area contributed by atoms with Gasteiger partial charge < -0.3 is 19.5 Å². The first-order valence-corrected chi connectivity index (χ1v) is 6.61. The molecule has 0 unspecified atom stereocenters. The number of hydrogen-bond acceptors (Lipinski definition) is 4. The van der Waals surface area contributed by atoms with Crippen LogP contribution >= 0.6 is 0 Å². The van der Waals surface area contributed by atoms with Crippen LogP contribution in [0.4, 0.5) is 0 Å². The van der Waals surface area contributed by atoms with E-state index in [1.54, 1.807) is 32.4 Å². The summed E-state index contributed by atoms with van der Waals surface area (Å²) in [7, 11) is 3.13. The standard InChI is InChI=1S/C15H23NO4/c1-10(2)11(3)16-15(17)9-20-14-7-12(18-4)6-13(8-14)19-5/h6-8,10-11H,9H2,1-5H3,(H,16,17)/t11-/m0/s1. The fourth-order valence-corrected chi connectivity index (χ4v) is 1.48. The first-order valence-electron chi connectivity index (χ1n) is 6.61. The normalized spacial score (nSPS) is 11.9. The predicted octanol–water partition coefficient (Wildman–Crippen LogP) is 2.24. The lowest BCUT2D eigenvalue weighted by molar-refractivity contribution is -0.124. The highest BCUT2D eigenvalue weighted by atomic mass is 16.5. The molecular weight excluding hydrogens is 258 g/mol. The van der Waals surface area contributed by atoms with E-state index < -0.39 is 0 Å². The van der Waals surface area contributed by atoms with Crippen LogP contribution in [0.25, 0.3) is 0 Å². The second-order valence-corrected chi connectivity index (χ2v) is 4.94. The number of ether oxygens (including phenoxy) is 3. The Balaban J connectivity index is 2.58.